The highest BCUT2D eigenvalue weighted by molar-refractivity contribution is 5.81. The fraction of sp³-hybridized carbons (Fsp3) is 0.467. The summed E-state index contributed by atoms with van der Waals surface area (Å²) in [5, 5.41) is 11.9. The van der Waals surface area contributed by atoms with Crippen molar-refractivity contribution in [1.82, 2.24) is 20.2 Å². The number of Topliss-reactive ketones (excluding diaryl/α,β-unsaturated/α-hetero) is 1. The van der Waals surface area contributed by atoms with Gasteiger partial charge in [-0.15, -0.1) is 5.10 Å². The lowest BCUT2D eigenvalue weighted by Crippen LogP contribution is -2.26. The quantitative estimate of drug-likeness (QED) is 0.858. The fourth-order valence-electron chi connectivity index (χ4n) is 2.85. The molecule has 0 aliphatic heterocycles. The van der Waals surface area contributed by atoms with Crippen molar-refractivity contribution in [2.24, 2.45) is 11.8 Å². The number of benzene rings is 1. The molecule has 0 saturated heterocycles. The topological polar surface area (TPSA) is 60.7 Å². The first-order valence-corrected chi connectivity index (χ1v) is 7.09. The zero-order chi connectivity index (χ0) is 13.9. The van der Waals surface area contributed by atoms with E-state index in [-0.39, 0.29) is 5.92 Å². The molecule has 0 amide bonds. The third-order valence-electron chi connectivity index (χ3n) is 3.99. The monoisotopic (exact) mass is 270 g/mol. The predicted octanol–water partition coefficient (Wildman–Crippen LogP) is 2.21. The second-order valence-electron chi connectivity index (χ2n) is 5.59. The maximum absolute atomic E-state index is 12.0. The third kappa shape index (κ3) is 2.61. The summed E-state index contributed by atoms with van der Waals surface area (Å²) in [6.45, 7) is 2.21. The molecular formula is C15H18N4O. The molecule has 0 radical (unpaired) electrons. The van der Waals surface area contributed by atoms with Crippen molar-refractivity contribution in [3.63, 3.8) is 0 Å². The van der Waals surface area contributed by atoms with Crippen molar-refractivity contribution >= 4 is 5.78 Å². The van der Waals surface area contributed by atoms with Gasteiger partial charge in [-0.2, -0.15) is 4.68 Å². The molecule has 1 heterocycles. The van der Waals surface area contributed by atoms with Crippen LogP contribution in [-0.4, -0.2) is 26.0 Å². The summed E-state index contributed by atoms with van der Waals surface area (Å²) in [7, 11) is 0. The number of carbonyl (C=O) groups excluding carboxylic acids is 1. The van der Waals surface area contributed by atoms with Gasteiger partial charge in [0, 0.05) is 18.8 Å². The van der Waals surface area contributed by atoms with Crippen molar-refractivity contribution in [1.29, 1.82) is 0 Å². The Morgan fingerprint density at radius 1 is 1.30 bits per heavy atom. The van der Waals surface area contributed by atoms with E-state index >= 15 is 0 Å². The number of hydrogen-bond acceptors (Lipinski definition) is 4. The molecule has 3 rings (SSSR count). The van der Waals surface area contributed by atoms with Gasteiger partial charge in [-0.25, -0.2) is 0 Å². The summed E-state index contributed by atoms with van der Waals surface area (Å²) >= 11 is 0. The zero-order valence-electron chi connectivity index (χ0n) is 11.6. The van der Waals surface area contributed by atoms with Gasteiger partial charge in [0.05, 0.1) is 5.69 Å². The molecule has 1 aliphatic rings. The largest absolute Gasteiger partial charge is 0.299 e. The van der Waals surface area contributed by atoms with Crippen LogP contribution in [0.3, 0.4) is 0 Å². The summed E-state index contributed by atoms with van der Waals surface area (Å²) in [6, 6.07) is 9.79. The SMILES string of the molecule is CC1CCC(=O)C(Cc2nnnn2-c2ccccc2)C1. The van der Waals surface area contributed by atoms with Crippen LogP contribution in [0.1, 0.15) is 32.0 Å². The number of carbonyl (C=O) groups is 1. The summed E-state index contributed by atoms with van der Waals surface area (Å²) in [5.74, 6) is 1.79. The minimum Gasteiger partial charge on any atom is -0.299 e. The Kier molecular flexibility index (Phi) is 3.58. The van der Waals surface area contributed by atoms with Crippen LogP contribution in [0.5, 0.6) is 0 Å². The molecule has 1 saturated carbocycles. The molecular weight excluding hydrogens is 252 g/mol. The van der Waals surface area contributed by atoms with Gasteiger partial charge in [-0.3, -0.25) is 4.79 Å². The van der Waals surface area contributed by atoms with E-state index in [4.69, 9.17) is 0 Å². The van der Waals surface area contributed by atoms with Crippen molar-refractivity contribution in [2.75, 3.05) is 0 Å². The first-order chi connectivity index (χ1) is 9.74. The fourth-order valence-corrected chi connectivity index (χ4v) is 2.85. The van der Waals surface area contributed by atoms with E-state index < -0.39 is 0 Å². The number of para-hydroxylation sites is 1. The van der Waals surface area contributed by atoms with Crippen molar-refractivity contribution < 1.29 is 4.79 Å². The van der Waals surface area contributed by atoms with E-state index in [2.05, 4.69) is 22.4 Å². The highest BCUT2D eigenvalue weighted by Crippen LogP contribution is 2.28. The first kappa shape index (κ1) is 13.0. The maximum Gasteiger partial charge on any atom is 0.157 e. The van der Waals surface area contributed by atoms with Gasteiger partial charge in [-0.05, 0) is 41.3 Å². The second kappa shape index (κ2) is 5.53. The first-order valence-electron chi connectivity index (χ1n) is 7.09. The smallest absolute Gasteiger partial charge is 0.157 e. The average molecular weight is 270 g/mol. The van der Waals surface area contributed by atoms with Crippen LogP contribution < -0.4 is 0 Å². The molecule has 2 aromatic rings. The van der Waals surface area contributed by atoms with Gasteiger partial charge in [0.2, 0.25) is 0 Å². The lowest BCUT2D eigenvalue weighted by molar-refractivity contribution is -0.125. The van der Waals surface area contributed by atoms with Crippen LogP contribution in [0.25, 0.3) is 5.69 Å². The van der Waals surface area contributed by atoms with E-state index in [1.807, 2.05) is 30.3 Å². The molecule has 1 fully saturated rings. The number of tetrazole rings is 1. The van der Waals surface area contributed by atoms with E-state index in [0.29, 0.717) is 24.5 Å². The predicted molar refractivity (Wildman–Crippen MR) is 74.4 cm³/mol. The second-order valence-corrected chi connectivity index (χ2v) is 5.59. The number of nitrogens with zero attached hydrogens (tertiary/aromatic N) is 4. The van der Waals surface area contributed by atoms with Gasteiger partial charge in [0.15, 0.2) is 5.82 Å². The van der Waals surface area contributed by atoms with E-state index in [9.17, 15) is 4.79 Å². The minimum atomic E-state index is 0.0622. The van der Waals surface area contributed by atoms with Gasteiger partial charge in [0.25, 0.3) is 0 Å². The Balaban J connectivity index is 1.82. The molecule has 1 aromatic carbocycles. The van der Waals surface area contributed by atoms with Crippen LogP contribution >= 0.6 is 0 Å². The number of ketones is 1. The Morgan fingerprint density at radius 3 is 2.90 bits per heavy atom. The average Bonchev–Trinajstić information content (AvgIpc) is 2.92. The molecule has 104 valence electrons. The summed E-state index contributed by atoms with van der Waals surface area (Å²) < 4.78 is 1.73. The summed E-state index contributed by atoms with van der Waals surface area (Å²) in [6.07, 6.45) is 3.28. The summed E-state index contributed by atoms with van der Waals surface area (Å²) in [4.78, 5) is 12.0. The zero-order valence-corrected chi connectivity index (χ0v) is 11.6. The Morgan fingerprint density at radius 2 is 2.10 bits per heavy atom. The van der Waals surface area contributed by atoms with E-state index in [1.54, 1.807) is 4.68 Å². The minimum absolute atomic E-state index is 0.0622. The third-order valence-corrected chi connectivity index (χ3v) is 3.99. The number of aromatic nitrogens is 4. The van der Waals surface area contributed by atoms with Gasteiger partial charge < -0.3 is 0 Å². The highest BCUT2D eigenvalue weighted by atomic mass is 16.1. The molecule has 20 heavy (non-hydrogen) atoms. The molecule has 5 nitrogen and oxygen atoms in total. The van der Waals surface area contributed by atoms with Crippen LogP contribution in [-0.2, 0) is 11.2 Å². The van der Waals surface area contributed by atoms with Crippen molar-refractivity contribution in [2.45, 2.75) is 32.6 Å². The Bertz CT molecular complexity index is 593. The molecule has 1 aromatic heterocycles. The standard InChI is InChI=1S/C15H18N4O/c1-11-7-8-14(20)12(9-11)10-15-16-17-18-19(15)13-5-3-2-4-6-13/h2-6,11-12H,7-10H2,1H3. The molecule has 0 N–H and O–H groups in total. The normalized spacial score (nSPS) is 22.9. The lowest BCUT2D eigenvalue weighted by Gasteiger charge is -2.24. The Hall–Kier alpha value is -2.04. The number of rotatable bonds is 3. The molecule has 5 heteroatoms. The molecule has 1 aliphatic carbocycles. The molecule has 2 unspecified atom stereocenters. The van der Waals surface area contributed by atoms with E-state index in [0.717, 1.165) is 24.4 Å². The van der Waals surface area contributed by atoms with Gasteiger partial charge >= 0.3 is 0 Å². The van der Waals surface area contributed by atoms with Crippen molar-refractivity contribution in [3.05, 3.63) is 36.2 Å². The van der Waals surface area contributed by atoms with Gasteiger partial charge in [0.1, 0.15) is 5.78 Å². The Labute approximate surface area is 118 Å². The highest BCUT2D eigenvalue weighted by Gasteiger charge is 2.28. The van der Waals surface area contributed by atoms with Crippen LogP contribution in [0.4, 0.5) is 0 Å². The molecule has 0 spiro atoms. The van der Waals surface area contributed by atoms with Gasteiger partial charge in [-0.1, -0.05) is 25.1 Å². The van der Waals surface area contributed by atoms with E-state index in [1.165, 1.54) is 0 Å². The van der Waals surface area contributed by atoms with Crippen LogP contribution in [0.15, 0.2) is 30.3 Å². The summed E-state index contributed by atoms with van der Waals surface area (Å²) in [5.41, 5.74) is 0.934. The van der Waals surface area contributed by atoms with Crippen molar-refractivity contribution in [3.8, 4) is 5.69 Å². The number of hydrogen-bond donors (Lipinski definition) is 0. The lowest BCUT2D eigenvalue weighted by atomic mass is 9.80. The maximum atomic E-state index is 12.0. The van der Waals surface area contributed by atoms with Crippen LogP contribution in [0, 0.1) is 11.8 Å². The van der Waals surface area contributed by atoms with Crippen LogP contribution in [0.2, 0.25) is 0 Å². The molecule has 2 atom stereocenters. The molecule has 0 bridgehead atoms.